The van der Waals surface area contributed by atoms with Crippen LogP contribution in [0.1, 0.15) is 52.9 Å². The number of carbonyl (C=O) groups is 1. The zero-order valence-electron chi connectivity index (χ0n) is 15.9. The minimum absolute atomic E-state index is 0.0274. The van der Waals surface area contributed by atoms with Gasteiger partial charge in [0.25, 0.3) is 5.91 Å². The van der Waals surface area contributed by atoms with Crippen LogP contribution >= 0.6 is 0 Å². The molecule has 1 saturated heterocycles. The van der Waals surface area contributed by atoms with Gasteiger partial charge in [0.15, 0.2) is 5.82 Å². The average Bonchev–Trinajstić information content (AvgIpc) is 2.85. The van der Waals surface area contributed by atoms with Crippen LogP contribution in [-0.4, -0.2) is 62.0 Å². The van der Waals surface area contributed by atoms with E-state index in [0.717, 1.165) is 38.0 Å². The molecule has 140 valence electrons. The standard InChI is InChI=1S/C18H26N6O2/c1-12-16(10-19-13(2)20-12)18(25)24-8-5-6-15(7-9-24)23(4)11-17-21-14(3)26-22-17/h10,15H,5-9,11H2,1-4H3. The highest BCUT2D eigenvalue weighted by Crippen LogP contribution is 2.19. The lowest BCUT2D eigenvalue weighted by molar-refractivity contribution is 0.0755. The number of aromatic nitrogens is 4. The Morgan fingerprint density at radius 3 is 2.77 bits per heavy atom. The number of amides is 1. The van der Waals surface area contributed by atoms with E-state index in [1.54, 1.807) is 13.1 Å². The van der Waals surface area contributed by atoms with Gasteiger partial charge >= 0.3 is 0 Å². The van der Waals surface area contributed by atoms with Gasteiger partial charge in [0, 0.05) is 32.3 Å². The molecule has 2 aromatic rings. The Labute approximate surface area is 153 Å². The zero-order chi connectivity index (χ0) is 18.7. The van der Waals surface area contributed by atoms with Gasteiger partial charge in [-0.05, 0) is 40.2 Å². The van der Waals surface area contributed by atoms with E-state index in [2.05, 4.69) is 32.1 Å². The van der Waals surface area contributed by atoms with Crippen LogP contribution in [0.2, 0.25) is 0 Å². The lowest BCUT2D eigenvalue weighted by Crippen LogP contribution is -2.35. The van der Waals surface area contributed by atoms with E-state index in [1.165, 1.54) is 0 Å². The molecular weight excluding hydrogens is 332 g/mol. The van der Waals surface area contributed by atoms with Crippen LogP contribution in [0.5, 0.6) is 0 Å². The van der Waals surface area contributed by atoms with Crippen LogP contribution in [-0.2, 0) is 6.54 Å². The van der Waals surface area contributed by atoms with Crippen LogP contribution < -0.4 is 0 Å². The highest BCUT2D eigenvalue weighted by Gasteiger charge is 2.25. The molecule has 0 spiro atoms. The van der Waals surface area contributed by atoms with Gasteiger partial charge in [-0.3, -0.25) is 9.69 Å². The van der Waals surface area contributed by atoms with Crippen molar-refractivity contribution in [1.29, 1.82) is 0 Å². The predicted molar refractivity (Wildman–Crippen MR) is 95.6 cm³/mol. The number of carbonyl (C=O) groups excluding carboxylic acids is 1. The fourth-order valence-corrected chi connectivity index (χ4v) is 3.44. The summed E-state index contributed by atoms with van der Waals surface area (Å²) < 4.78 is 5.04. The maximum Gasteiger partial charge on any atom is 0.257 e. The van der Waals surface area contributed by atoms with Crippen LogP contribution in [0.3, 0.4) is 0 Å². The Balaban J connectivity index is 1.61. The first-order valence-electron chi connectivity index (χ1n) is 9.03. The van der Waals surface area contributed by atoms with Crippen molar-refractivity contribution in [3.05, 3.63) is 35.0 Å². The molecule has 3 rings (SSSR count). The third-order valence-corrected chi connectivity index (χ3v) is 4.90. The van der Waals surface area contributed by atoms with E-state index in [9.17, 15) is 4.79 Å². The summed E-state index contributed by atoms with van der Waals surface area (Å²) in [6.07, 6.45) is 4.58. The van der Waals surface area contributed by atoms with Crippen molar-refractivity contribution in [2.75, 3.05) is 20.1 Å². The maximum absolute atomic E-state index is 12.9. The summed E-state index contributed by atoms with van der Waals surface area (Å²) in [5, 5.41) is 3.97. The van der Waals surface area contributed by atoms with E-state index < -0.39 is 0 Å². The molecule has 0 aromatic carbocycles. The quantitative estimate of drug-likeness (QED) is 0.825. The van der Waals surface area contributed by atoms with E-state index in [0.29, 0.717) is 35.7 Å². The van der Waals surface area contributed by atoms with Crippen molar-refractivity contribution in [2.45, 2.75) is 52.6 Å². The van der Waals surface area contributed by atoms with Gasteiger partial charge in [0.2, 0.25) is 5.89 Å². The number of hydrogen-bond donors (Lipinski definition) is 0. The van der Waals surface area contributed by atoms with Gasteiger partial charge < -0.3 is 9.42 Å². The first-order valence-corrected chi connectivity index (χ1v) is 9.03. The summed E-state index contributed by atoms with van der Waals surface area (Å²) in [4.78, 5) is 29.8. The average molecular weight is 358 g/mol. The molecule has 0 radical (unpaired) electrons. The summed E-state index contributed by atoms with van der Waals surface area (Å²) in [5.74, 6) is 2.00. The maximum atomic E-state index is 12.9. The number of rotatable bonds is 4. The molecule has 0 N–H and O–H groups in total. The Hall–Kier alpha value is -2.35. The molecule has 1 aliphatic rings. The monoisotopic (exact) mass is 358 g/mol. The second-order valence-corrected chi connectivity index (χ2v) is 6.94. The number of hydrogen-bond acceptors (Lipinski definition) is 7. The molecule has 26 heavy (non-hydrogen) atoms. The Morgan fingerprint density at radius 2 is 2.08 bits per heavy atom. The summed E-state index contributed by atoms with van der Waals surface area (Å²) in [7, 11) is 2.08. The lowest BCUT2D eigenvalue weighted by Gasteiger charge is -2.26. The van der Waals surface area contributed by atoms with Gasteiger partial charge in [-0.2, -0.15) is 4.98 Å². The summed E-state index contributed by atoms with van der Waals surface area (Å²) in [6, 6.07) is 0.391. The SMILES string of the molecule is Cc1ncc(C(=O)N2CCCC(N(C)Cc3noc(C)n3)CC2)c(C)n1. The summed E-state index contributed by atoms with van der Waals surface area (Å²) in [6.45, 7) is 7.63. The Morgan fingerprint density at radius 1 is 1.27 bits per heavy atom. The van der Waals surface area contributed by atoms with Gasteiger partial charge in [0.1, 0.15) is 5.82 Å². The largest absolute Gasteiger partial charge is 0.340 e. The van der Waals surface area contributed by atoms with Crippen molar-refractivity contribution in [3.63, 3.8) is 0 Å². The minimum Gasteiger partial charge on any atom is -0.340 e. The Bertz CT molecular complexity index is 775. The highest BCUT2D eigenvalue weighted by molar-refractivity contribution is 5.94. The third-order valence-electron chi connectivity index (χ3n) is 4.90. The van der Waals surface area contributed by atoms with Gasteiger partial charge in [-0.25, -0.2) is 9.97 Å². The molecule has 0 bridgehead atoms. The van der Waals surface area contributed by atoms with Crippen LogP contribution in [0.15, 0.2) is 10.7 Å². The van der Waals surface area contributed by atoms with Crippen LogP contribution in [0, 0.1) is 20.8 Å². The smallest absolute Gasteiger partial charge is 0.257 e. The molecule has 1 atom stereocenters. The van der Waals surface area contributed by atoms with Gasteiger partial charge in [0.05, 0.1) is 17.8 Å². The number of aryl methyl sites for hydroxylation is 3. The van der Waals surface area contributed by atoms with E-state index >= 15 is 0 Å². The van der Waals surface area contributed by atoms with E-state index in [-0.39, 0.29) is 5.91 Å². The second kappa shape index (κ2) is 7.90. The highest BCUT2D eigenvalue weighted by atomic mass is 16.5. The Kier molecular flexibility index (Phi) is 5.61. The molecule has 3 heterocycles. The first kappa shape index (κ1) is 18.4. The second-order valence-electron chi connectivity index (χ2n) is 6.94. The number of nitrogens with zero attached hydrogens (tertiary/aromatic N) is 6. The molecule has 0 aliphatic carbocycles. The molecule has 2 aromatic heterocycles. The van der Waals surface area contributed by atoms with Crippen molar-refractivity contribution < 1.29 is 9.32 Å². The third kappa shape index (κ3) is 4.24. The molecule has 8 nitrogen and oxygen atoms in total. The first-order chi connectivity index (χ1) is 12.4. The summed E-state index contributed by atoms with van der Waals surface area (Å²) in [5.41, 5.74) is 1.34. The van der Waals surface area contributed by atoms with E-state index in [4.69, 9.17) is 4.52 Å². The molecular formula is C18H26N6O2. The molecule has 1 fully saturated rings. The predicted octanol–water partition coefficient (Wildman–Crippen LogP) is 1.91. The zero-order valence-corrected chi connectivity index (χ0v) is 15.9. The lowest BCUT2D eigenvalue weighted by atomic mass is 10.1. The molecule has 1 amide bonds. The van der Waals surface area contributed by atoms with Crippen LogP contribution in [0.25, 0.3) is 0 Å². The minimum atomic E-state index is 0.0274. The fourth-order valence-electron chi connectivity index (χ4n) is 3.44. The summed E-state index contributed by atoms with van der Waals surface area (Å²) >= 11 is 0. The van der Waals surface area contributed by atoms with Gasteiger partial charge in [-0.1, -0.05) is 5.16 Å². The van der Waals surface area contributed by atoms with Gasteiger partial charge in [-0.15, -0.1) is 0 Å². The molecule has 1 aliphatic heterocycles. The topological polar surface area (TPSA) is 88.3 Å². The van der Waals surface area contributed by atoms with Crippen molar-refractivity contribution in [2.24, 2.45) is 0 Å². The fraction of sp³-hybridized carbons (Fsp3) is 0.611. The van der Waals surface area contributed by atoms with Crippen LogP contribution in [0.4, 0.5) is 0 Å². The van der Waals surface area contributed by atoms with Crippen molar-refractivity contribution in [1.82, 2.24) is 29.9 Å². The normalized spacial score (nSPS) is 18.2. The number of likely N-dealkylation sites (tertiary alicyclic amines) is 1. The van der Waals surface area contributed by atoms with E-state index in [1.807, 2.05) is 18.7 Å². The van der Waals surface area contributed by atoms with Crippen molar-refractivity contribution >= 4 is 5.91 Å². The molecule has 1 unspecified atom stereocenters. The molecule has 8 heteroatoms. The van der Waals surface area contributed by atoms with Crippen molar-refractivity contribution in [3.8, 4) is 0 Å². The molecule has 0 saturated carbocycles.